The van der Waals surface area contributed by atoms with Gasteiger partial charge in [0, 0.05) is 31.1 Å². The summed E-state index contributed by atoms with van der Waals surface area (Å²) in [6.07, 6.45) is 2.86. The summed E-state index contributed by atoms with van der Waals surface area (Å²) in [5.41, 5.74) is 6.78. The lowest BCUT2D eigenvalue weighted by molar-refractivity contribution is -1.03. The van der Waals surface area contributed by atoms with Crippen molar-refractivity contribution in [1.29, 1.82) is 0 Å². The molecule has 3 aromatic rings. The third-order valence-electron chi connectivity index (χ3n) is 7.90. The molecular weight excluding hydrogens is 453 g/mol. The number of likely N-dealkylation sites (N-methyl/N-ethyl adjacent to an activating group) is 1. The molecule has 1 aliphatic carbocycles. The molecule has 2 heterocycles. The summed E-state index contributed by atoms with van der Waals surface area (Å²) in [6.45, 7) is 6.21. The lowest BCUT2D eigenvalue weighted by Crippen LogP contribution is -3.28. The first-order valence-corrected chi connectivity index (χ1v) is 11.7. The Balaban J connectivity index is 0.00000130. The molecule has 3 aromatic carbocycles. The zero-order valence-corrected chi connectivity index (χ0v) is 20.6. The fourth-order valence-corrected chi connectivity index (χ4v) is 6.13. The summed E-state index contributed by atoms with van der Waals surface area (Å²) < 4.78 is 0. The molecule has 0 radical (unpaired) electrons. The van der Waals surface area contributed by atoms with E-state index in [4.69, 9.17) is 0 Å². The van der Waals surface area contributed by atoms with Crippen LogP contribution in [0.4, 0.5) is 5.69 Å². The quantitative estimate of drug-likeness (QED) is 0.382. The van der Waals surface area contributed by atoms with E-state index in [9.17, 15) is 4.79 Å². The standard InChI is InChI=1S/C27H29N3O.2ClH/c1-28-24-9-8-19(16-22(24)18-26(28)31)10-11-29-12-14-30(15-13-29)25-17-21-6-2-4-20-5-3-7-23(25)27(20)21;;/h2-9,16,25H,10-15,17-18H2,1H3;2*1H. The average molecular weight is 484 g/mol. The number of carbonyl (C=O) groups excluding carboxylic acids is 1. The Kier molecular flexibility index (Phi) is 7.01. The zero-order valence-electron chi connectivity index (χ0n) is 19.0. The highest BCUT2D eigenvalue weighted by atomic mass is 35.5. The Morgan fingerprint density at radius 2 is 1.70 bits per heavy atom. The molecule has 6 heteroatoms. The van der Waals surface area contributed by atoms with Crippen molar-refractivity contribution in [1.82, 2.24) is 0 Å². The Morgan fingerprint density at radius 3 is 2.48 bits per heavy atom. The van der Waals surface area contributed by atoms with Crippen LogP contribution in [0.25, 0.3) is 10.8 Å². The Bertz CT molecular complexity index is 1170. The number of nitrogens with zero attached hydrogens (tertiary/aromatic N) is 1. The summed E-state index contributed by atoms with van der Waals surface area (Å²) in [5, 5.41) is 2.93. The van der Waals surface area contributed by atoms with Crippen molar-refractivity contribution in [2.75, 3.05) is 44.7 Å². The molecule has 3 aliphatic rings. The molecule has 1 atom stereocenters. The maximum atomic E-state index is 11.9. The second-order valence-corrected chi connectivity index (χ2v) is 9.62. The molecule has 0 spiro atoms. The van der Waals surface area contributed by atoms with Crippen LogP contribution in [0, 0.1) is 0 Å². The molecule has 0 bridgehead atoms. The number of quaternary nitrogens is 2. The topological polar surface area (TPSA) is 29.2 Å². The minimum absolute atomic E-state index is 0. The molecule has 174 valence electrons. The lowest BCUT2D eigenvalue weighted by Gasteiger charge is -2.33. The molecule has 2 N–H and O–H groups in total. The van der Waals surface area contributed by atoms with E-state index in [1.54, 1.807) is 25.8 Å². The summed E-state index contributed by atoms with van der Waals surface area (Å²) in [6, 6.07) is 20.9. The van der Waals surface area contributed by atoms with E-state index >= 15 is 0 Å². The minimum Gasteiger partial charge on any atom is -1.00 e. The van der Waals surface area contributed by atoms with Crippen LogP contribution in [-0.2, 0) is 24.1 Å². The van der Waals surface area contributed by atoms with Crippen molar-refractivity contribution >= 4 is 22.4 Å². The van der Waals surface area contributed by atoms with Crippen molar-refractivity contribution in [3.05, 3.63) is 76.9 Å². The summed E-state index contributed by atoms with van der Waals surface area (Å²) in [5.74, 6) is 0.210. The number of anilines is 1. The summed E-state index contributed by atoms with van der Waals surface area (Å²) >= 11 is 0. The van der Waals surface area contributed by atoms with Crippen LogP contribution in [0.3, 0.4) is 0 Å². The normalized spacial score (nSPS) is 23.2. The fourth-order valence-electron chi connectivity index (χ4n) is 6.13. The van der Waals surface area contributed by atoms with E-state index in [-0.39, 0.29) is 30.7 Å². The smallest absolute Gasteiger partial charge is 0.231 e. The van der Waals surface area contributed by atoms with Gasteiger partial charge in [-0.05, 0) is 33.5 Å². The van der Waals surface area contributed by atoms with Crippen LogP contribution >= 0.6 is 0 Å². The largest absolute Gasteiger partial charge is 1.00 e. The molecule has 1 amide bonds. The summed E-state index contributed by atoms with van der Waals surface area (Å²) in [7, 11) is 1.88. The predicted molar refractivity (Wildman–Crippen MR) is 124 cm³/mol. The van der Waals surface area contributed by atoms with Gasteiger partial charge in [-0.15, -0.1) is 0 Å². The first-order chi connectivity index (χ1) is 15.2. The average Bonchev–Trinajstić information content (AvgIpc) is 3.31. The van der Waals surface area contributed by atoms with Gasteiger partial charge in [0.25, 0.3) is 0 Å². The van der Waals surface area contributed by atoms with Gasteiger partial charge in [0.05, 0.1) is 13.0 Å². The monoisotopic (exact) mass is 483 g/mol. The second kappa shape index (κ2) is 9.63. The molecular formula is C27H31Cl2N3O. The van der Waals surface area contributed by atoms with E-state index in [1.807, 2.05) is 7.05 Å². The van der Waals surface area contributed by atoms with E-state index in [2.05, 4.69) is 54.6 Å². The minimum atomic E-state index is 0. The number of hydrogen-bond acceptors (Lipinski definition) is 1. The number of halogens is 2. The number of hydrogen-bond donors (Lipinski definition) is 2. The maximum absolute atomic E-state index is 11.9. The molecule has 2 aliphatic heterocycles. The summed E-state index contributed by atoms with van der Waals surface area (Å²) in [4.78, 5) is 17.2. The lowest BCUT2D eigenvalue weighted by atomic mass is 10.0. The zero-order chi connectivity index (χ0) is 20.9. The van der Waals surface area contributed by atoms with E-state index < -0.39 is 0 Å². The molecule has 0 aromatic heterocycles. The SMILES string of the molecule is CN1C(=O)Cc2cc(CC[NH+]3CC[NH+](C4Cc5cccc6cccc4c56)CC3)ccc21.[Cl-].[Cl-]. The van der Waals surface area contributed by atoms with Crippen LogP contribution in [0.5, 0.6) is 0 Å². The number of rotatable bonds is 4. The van der Waals surface area contributed by atoms with Crippen LogP contribution in [0.15, 0.2) is 54.6 Å². The molecule has 6 rings (SSSR count). The van der Waals surface area contributed by atoms with Gasteiger partial charge in [0.2, 0.25) is 5.91 Å². The molecule has 1 saturated heterocycles. The number of benzene rings is 3. The number of piperazine rings is 1. The van der Waals surface area contributed by atoms with Gasteiger partial charge >= 0.3 is 0 Å². The molecule has 33 heavy (non-hydrogen) atoms. The van der Waals surface area contributed by atoms with Crippen molar-refractivity contribution in [3.63, 3.8) is 0 Å². The Morgan fingerprint density at radius 1 is 0.939 bits per heavy atom. The van der Waals surface area contributed by atoms with Crippen LogP contribution in [0.2, 0.25) is 0 Å². The Labute approximate surface area is 208 Å². The van der Waals surface area contributed by atoms with E-state index in [0.29, 0.717) is 12.5 Å². The first kappa shape index (κ1) is 24.0. The molecule has 1 unspecified atom stereocenters. The first-order valence-electron chi connectivity index (χ1n) is 11.7. The number of amides is 1. The Hall–Kier alpha value is -2.11. The van der Waals surface area contributed by atoms with Gasteiger partial charge in [0.1, 0.15) is 32.2 Å². The van der Waals surface area contributed by atoms with Crippen LogP contribution in [0.1, 0.15) is 28.3 Å². The van der Waals surface area contributed by atoms with Gasteiger partial charge in [-0.2, -0.15) is 0 Å². The third-order valence-corrected chi connectivity index (χ3v) is 7.90. The molecule has 4 nitrogen and oxygen atoms in total. The number of nitrogens with one attached hydrogen (secondary N) is 2. The van der Waals surface area contributed by atoms with Gasteiger partial charge in [-0.3, -0.25) is 4.79 Å². The highest BCUT2D eigenvalue weighted by molar-refractivity contribution is 6.00. The van der Waals surface area contributed by atoms with E-state index in [0.717, 1.165) is 12.1 Å². The third kappa shape index (κ3) is 4.26. The van der Waals surface area contributed by atoms with Gasteiger partial charge < -0.3 is 39.5 Å². The fraction of sp³-hybridized carbons (Fsp3) is 0.370. The highest BCUT2D eigenvalue weighted by Crippen LogP contribution is 2.35. The van der Waals surface area contributed by atoms with Gasteiger partial charge in [-0.1, -0.05) is 48.5 Å². The highest BCUT2D eigenvalue weighted by Gasteiger charge is 2.35. The number of fused-ring (bicyclic) bond motifs is 1. The molecule has 0 saturated carbocycles. The predicted octanol–water partition coefficient (Wildman–Crippen LogP) is -5.01. The number of carbonyl (C=O) groups is 1. The van der Waals surface area contributed by atoms with Gasteiger partial charge in [0.15, 0.2) is 0 Å². The van der Waals surface area contributed by atoms with Crippen molar-refractivity contribution < 1.29 is 39.4 Å². The van der Waals surface area contributed by atoms with Crippen LogP contribution in [-0.4, -0.2) is 45.7 Å². The van der Waals surface area contributed by atoms with Crippen molar-refractivity contribution in [2.24, 2.45) is 0 Å². The van der Waals surface area contributed by atoms with Crippen molar-refractivity contribution in [3.8, 4) is 0 Å². The van der Waals surface area contributed by atoms with Crippen molar-refractivity contribution in [2.45, 2.75) is 25.3 Å². The second-order valence-electron chi connectivity index (χ2n) is 9.62. The molecule has 1 fully saturated rings. The van der Waals surface area contributed by atoms with Gasteiger partial charge in [-0.25, -0.2) is 0 Å². The van der Waals surface area contributed by atoms with Crippen LogP contribution < -0.4 is 39.5 Å². The van der Waals surface area contributed by atoms with E-state index in [1.165, 1.54) is 61.0 Å². The maximum Gasteiger partial charge on any atom is 0.231 e.